The molecule has 0 bridgehead atoms. The first-order chi connectivity index (χ1) is 18.2. The molecule has 38 heavy (non-hydrogen) atoms. The quantitative estimate of drug-likeness (QED) is 0.488. The molecule has 2 N–H and O–H groups in total. The van der Waals surface area contributed by atoms with Gasteiger partial charge in [0.05, 0.1) is 11.2 Å². The largest absolute Gasteiger partial charge is 0.380 e. The first kappa shape index (κ1) is 27.8. The minimum absolute atomic E-state index is 0.0404. The minimum atomic E-state index is -0.659. The molecule has 2 heterocycles. The van der Waals surface area contributed by atoms with Crippen molar-refractivity contribution >= 4 is 23.4 Å². The summed E-state index contributed by atoms with van der Waals surface area (Å²) in [6.45, 7) is 7.69. The van der Waals surface area contributed by atoms with Crippen molar-refractivity contribution < 1.29 is 19.1 Å². The SMILES string of the molecule is CCC1(OC)CCN(Cc2ccc(CNc3cccc(C)c3C(=O)N(C)C3CCC(=O)NC3=O)cc2)CC1. The fourth-order valence-electron chi connectivity index (χ4n) is 5.51. The molecule has 3 amide bonds. The van der Waals surface area contributed by atoms with Gasteiger partial charge in [-0.1, -0.05) is 43.3 Å². The molecule has 2 fully saturated rings. The van der Waals surface area contributed by atoms with Gasteiger partial charge in [0.2, 0.25) is 11.8 Å². The van der Waals surface area contributed by atoms with Crippen LogP contribution in [-0.4, -0.2) is 66.4 Å². The van der Waals surface area contributed by atoms with Gasteiger partial charge in [-0.2, -0.15) is 0 Å². The Morgan fingerprint density at radius 2 is 1.82 bits per heavy atom. The lowest BCUT2D eigenvalue weighted by Gasteiger charge is -2.40. The highest BCUT2D eigenvalue weighted by Crippen LogP contribution is 2.30. The van der Waals surface area contributed by atoms with Gasteiger partial charge >= 0.3 is 0 Å². The van der Waals surface area contributed by atoms with E-state index >= 15 is 0 Å². The van der Waals surface area contributed by atoms with E-state index in [2.05, 4.69) is 46.7 Å². The Kier molecular flexibility index (Phi) is 8.84. The van der Waals surface area contributed by atoms with Crippen molar-refractivity contribution in [3.63, 3.8) is 0 Å². The monoisotopic (exact) mass is 520 g/mol. The van der Waals surface area contributed by atoms with Crippen molar-refractivity contribution in [1.29, 1.82) is 0 Å². The number of carbonyl (C=O) groups is 3. The Balaban J connectivity index is 1.37. The topological polar surface area (TPSA) is 91.0 Å². The number of anilines is 1. The molecule has 2 aromatic rings. The molecule has 1 atom stereocenters. The van der Waals surface area contributed by atoms with E-state index in [1.807, 2.05) is 32.2 Å². The van der Waals surface area contributed by atoms with E-state index in [1.165, 1.54) is 10.5 Å². The van der Waals surface area contributed by atoms with Crippen molar-refractivity contribution in [3.8, 4) is 0 Å². The van der Waals surface area contributed by atoms with E-state index in [9.17, 15) is 14.4 Å². The second-order valence-corrected chi connectivity index (χ2v) is 10.6. The summed E-state index contributed by atoms with van der Waals surface area (Å²) in [4.78, 5) is 41.2. The summed E-state index contributed by atoms with van der Waals surface area (Å²) >= 11 is 0. The molecule has 8 nitrogen and oxygen atoms in total. The Morgan fingerprint density at radius 3 is 2.45 bits per heavy atom. The molecule has 2 aromatic carbocycles. The van der Waals surface area contributed by atoms with E-state index < -0.39 is 11.9 Å². The summed E-state index contributed by atoms with van der Waals surface area (Å²) in [5, 5.41) is 5.76. The molecule has 2 saturated heterocycles. The number of hydrogen-bond donors (Lipinski definition) is 2. The van der Waals surface area contributed by atoms with Gasteiger partial charge in [0, 0.05) is 52.4 Å². The third-order valence-corrected chi connectivity index (χ3v) is 8.24. The second kappa shape index (κ2) is 12.1. The van der Waals surface area contributed by atoms with Gasteiger partial charge in [-0.3, -0.25) is 24.6 Å². The molecule has 0 radical (unpaired) electrons. The number of methoxy groups -OCH3 is 1. The van der Waals surface area contributed by atoms with Gasteiger partial charge in [-0.25, -0.2) is 0 Å². The normalized spacial score (nSPS) is 19.6. The van der Waals surface area contributed by atoms with Crippen molar-refractivity contribution in [3.05, 3.63) is 64.7 Å². The average molecular weight is 521 g/mol. The van der Waals surface area contributed by atoms with Gasteiger partial charge in [-0.15, -0.1) is 0 Å². The lowest BCUT2D eigenvalue weighted by Crippen LogP contribution is -2.53. The molecule has 4 rings (SSSR count). The predicted octanol–water partition coefficient (Wildman–Crippen LogP) is 3.88. The Labute approximate surface area is 225 Å². The summed E-state index contributed by atoms with van der Waals surface area (Å²) in [5.41, 5.74) is 4.54. The number of imide groups is 1. The van der Waals surface area contributed by atoms with Gasteiger partial charge in [-0.05, 0) is 55.4 Å². The van der Waals surface area contributed by atoms with Crippen molar-refractivity contribution in [1.82, 2.24) is 15.1 Å². The second-order valence-electron chi connectivity index (χ2n) is 10.6. The molecule has 8 heteroatoms. The van der Waals surface area contributed by atoms with E-state index in [-0.39, 0.29) is 23.8 Å². The van der Waals surface area contributed by atoms with Crippen LogP contribution in [0.2, 0.25) is 0 Å². The first-order valence-corrected chi connectivity index (χ1v) is 13.5. The molecule has 0 aliphatic carbocycles. The summed E-state index contributed by atoms with van der Waals surface area (Å²) in [5.74, 6) is -0.956. The van der Waals surface area contributed by atoms with E-state index in [0.717, 1.165) is 55.7 Å². The zero-order valence-corrected chi connectivity index (χ0v) is 23.0. The Morgan fingerprint density at radius 1 is 1.13 bits per heavy atom. The molecular weight excluding hydrogens is 480 g/mol. The number of amides is 3. The van der Waals surface area contributed by atoms with Gasteiger partial charge in [0.1, 0.15) is 6.04 Å². The standard InChI is InChI=1S/C30H40N4O4/c1-5-30(38-4)15-17-34(18-16-30)20-23-11-9-22(10-12-23)19-31-24-8-6-7-21(2)27(24)29(37)33(3)25-13-14-26(35)32-28(25)36/h6-12,25,31H,5,13-20H2,1-4H3,(H,32,35,36). The molecule has 2 aliphatic heterocycles. The molecule has 0 saturated carbocycles. The molecule has 0 aromatic heterocycles. The number of likely N-dealkylation sites (N-methyl/N-ethyl adjacent to an activating group) is 1. The fourth-order valence-corrected chi connectivity index (χ4v) is 5.51. The molecular formula is C30H40N4O4. The lowest BCUT2D eigenvalue weighted by molar-refractivity contribution is -0.136. The number of hydrogen-bond acceptors (Lipinski definition) is 6. The van der Waals surface area contributed by atoms with Crippen LogP contribution >= 0.6 is 0 Å². The van der Waals surface area contributed by atoms with Crippen LogP contribution in [0.15, 0.2) is 42.5 Å². The number of ether oxygens (including phenoxy) is 1. The lowest BCUT2D eigenvalue weighted by atomic mass is 9.88. The number of carbonyl (C=O) groups excluding carboxylic acids is 3. The third kappa shape index (κ3) is 6.25. The van der Waals surface area contributed by atoms with Crippen LogP contribution < -0.4 is 10.6 Å². The average Bonchev–Trinajstić information content (AvgIpc) is 2.92. The maximum Gasteiger partial charge on any atom is 0.256 e. The van der Waals surface area contributed by atoms with Crippen LogP contribution in [0.1, 0.15) is 66.1 Å². The van der Waals surface area contributed by atoms with Crippen molar-refractivity contribution in [2.45, 2.75) is 70.7 Å². The number of rotatable bonds is 9. The molecule has 1 unspecified atom stereocenters. The smallest absolute Gasteiger partial charge is 0.256 e. The number of benzene rings is 2. The fraction of sp³-hybridized carbons (Fsp3) is 0.500. The van der Waals surface area contributed by atoms with Crippen LogP contribution in [0.25, 0.3) is 0 Å². The van der Waals surface area contributed by atoms with Gasteiger partial charge in [0.15, 0.2) is 0 Å². The Bertz CT molecular complexity index is 1150. The molecule has 204 valence electrons. The van der Waals surface area contributed by atoms with Crippen LogP contribution in [0, 0.1) is 6.92 Å². The van der Waals surface area contributed by atoms with Crippen LogP contribution in [0.4, 0.5) is 5.69 Å². The van der Waals surface area contributed by atoms with E-state index in [0.29, 0.717) is 18.5 Å². The highest BCUT2D eigenvalue weighted by atomic mass is 16.5. The van der Waals surface area contributed by atoms with Gasteiger partial charge in [0.25, 0.3) is 5.91 Å². The summed E-state index contributed by atoms with van der Waals surface area (Å²) in [6, 6.07) is 13.6. The number of nitrogens with one attached hydrogen (secondary N) is 2. The predicted molar refractivity (Wildman–Crippen MR) is 148 cm³/mol. The number of piperidine rings is 2. The van der Waals surface area contributed by atoms with Gasteiger partial charge < -0.3 is 15.0 Å². The maximum atomic E-state index is 13.4. The van der Waals surface area contributed by atoms with E-state index in [4.69, 9.17) is 4.74 Å². The zero-order valence-electron chi connectivity index (χ0n) is 23.0. The Hall–Kier alpha value is -3.23. The van der Waals surface area contributed by atoms with Crippen LogP contribution in [0.5, 0.6) is 0 Å². The zero-order chi connectivity index (χ0) is 27.3. The highest BCUT2D eigenvalue weighted by Gasteiger charge is 2.34. The summed E-state index contributed by atoms with van der Waals surface area (Å²) in [7, 11) is 3.45. The minimum Gasteiger partial charge on any atom is -0.380 e. The third-order valence-electron chi connectivity index (χ3n) is 8.24. The van der Waals surface area contributed by atoms with Crippen LogP contribution in [-0.2, 0) is 27.4 Å². The first-order valence-electron chi connectivity index (χ1n) is 13.5. The maximum absolute atomic E-state index is 13.4. The number of aryl methyl sites for hydroxylation is 1. The summed E-state index contributed by atoms with van der Waals surface area (Å²) < 4.78 is 5.80. The van der Waals surface area contributed by atoms with E-state index in [1.54, 1.807) is 7.05 Å². The summed E-state index contributed by atoms with van der Waals surface area (Å²) in [6.07, 6.45) is 3.75. The van der Waals surface area contributed by atoms with Crippen molar-refractivity contribution in [2.75, 3.05) is 32.6 Å². The molecule has 2 aliphatic rings. The highest BCUT2D eigenvalue weighted by molar-refractivity contribution is 6.06. The van der Waals surface area contributed by atoms with Crippen molar-refractivity contribution in [2.24, 2.45) is 0 Å². The number of likely N-dealkylation sites (tertiary alicyclic amines) is 1. The molecule has 0 spiro atoms. The number of nitrogens with zero attached hydrogens (tertiary/aromatic N) is 2. The van der Waals surface area contributed by atoms with Crippen LogP contribution in [0.3, 0.4) is 0 Å².